The first-order valence-electron chi connectivity index (χ1n) is 11.9. The summed E-state index contributed by atoms with van der Waals surface area (Å²) in [5.74, 6) is -6.16. The predicted octanol–water partition coefficient (Wildman–Crippen LogP) is 0.422. The lowest BCUT2D eigenvalue weighted by molar-refractivity contribution is -0.144. The molecule has 5 rings (SSSR count). The van der Waals surface area contributed by atoms with Gasteiger partial charge in [-0.25, -0.2) is 0 Å². The molecule has 8 N–H and O–H groups in total. The SMILES string of the molecule is NC(=O)C1=C(O)C[C@@H]2C[C@@H]3Cc4c(CNC5CCNCC5)ccc(O)c4C(=O)C3=C(O)[C@]2(O)C1=O. The van der Waals surface area contributed by atoms with E-state index in [2.05, 4.69) is 10.6 Å². The number of primary amides is 1. The van der Waals surface area contributed by atoms with Crippen LogP contribution in [0.5, 0.6) is 5.75 Å². The molecule has 3 atom stereocenters. The summed E-state index contributed by atoms with van der Waals surface area (Å²) in [5, 5.41) is 50.0. The second-order valence-corrected chi connectivity index (χ2v) is 9.91. The van der Waals surface area contributed by atoms with Gasteiger partial charge in [0.15, 0.2) is 11.4 Å². The summed E-state index contributed by atoms with van der Waals surface area (Å²) in [6.07, 6.45) is 2.17. The van der Waals surface area contributed by atoms with Crippen LogP contribution in [0.2, 0.25) is 0 Å². The Hall–Kier alpha value is -3.21. The monoisotopic (exact) mass is 483 g/mol. The molecule has 35 heavy (non-hydrogen) atoms. The third-order valence-corrected chi connectivity index (χ3v) is 7.96. The summed E-state index contributed by atoms with van der Waals surface area (Å²) >= 11 is 0. The van der Waals surface area contributed by atoms with Crippen LogP contribution in [0.3, 0.4) is 0 Å². The average molecular weight is 484 g/mol. The number of benzene rings is 1. The summed E-state index contributed by atoms with van der Waals surface area (Å²) in [5.41, 5.74) is 3.34. The minimum absolute atomic E-state index is 0.0474. The second kappa shape index (κ2) is 8.47. The number of rotatable bonds is 4. The summed E-state index contributed by atoms with van der Waals surface area (Å²) in [7, 11) is 0. The molecule has 4 aliphatic rings. The number of nitrogens with one attached hydrogen (secondary N) is 2. The van der Waals surface area contributed by atoms with E-state index in [0.29, 0.717) is 24.6 Å². The lowest BCUT2D eigenvalue weighted by Gasteiger charge is -2.45. The van der Waals surface area contributed by atoms with Crippen molar-refractivity contribution in [2.75, 3.05) is 13.1 Å². The lowest BCUT2D eigenvalue weighted by atomic mass is 9.60. The number of ketones is 2. The highest BCUT2D eigenvalue weighted by molar-refractivity contribution is 6.24. The topological polar surface area (TPSA) is 182 Å². The molecule has 0 aromatic heterocycles. The Bertz CT molecular complexity index is 1200. The van der Waals surface area contributed by atoms with Crippen LogP contribution in [0.15, 0.2) is 34.8 Å². The van der Waals surface area contributed by atoms with E-state index < -0.39 is 52.0 Å². The van der Waals surface area contributed by atoms with Gasteiger partial charge in [-0.15, -0.1) is 0 Å². The zero-order valence-corrected chi connectivity index (χ0v) is 19.1. The smallest absolute Gasteiger partial charge is 0.255 e. The predicted molar refractivity (Wildman–Crippen MR) is 124 cm³/mol. The molecular weight excluding hydrogens is 454 g/mol. The van der Waals surface area contributed by atoms with Gasteiger partial charge in [0.1, 0.15) is 22.8 Å². The lowest BCUT2D eigenvalue weighted by Crippen LogP contribution is -2.57. The van der Waals surface area contributed by atoms with E-state index >= 15 is 0 Å². The fourth-order valence-electron chi connectivity index (χ4n) is 6.13. The molecule has 0 spiro atoms. The number of carbonyl (C=O) groups excluding carboxylic acids is 3. The number of amides is 1. The van der Waals surface area contributed by atoms with E-state index in [9.17, 15) is 34.8 Å². The van der Waals surface area contributed by atoms with Gasteiger partial charge in [0, 0.05) is 30.5 Å². The van der Waals surface area contributed by atoms with Crippen molar-refractivity contribution in [3.05, 3.63) is 51.5 Å². The Balaban J connectivity index is 1.53. The Morgan fingerprint density at radius 1 is 1.14 bits per heavy atom. The number of aliphatic hydroxyl groups is 3. The van der Waals surface area contributed by atoms with Gasteiger partial charge in [0.05, 0.1) is 5.56 Å². The van der Waals surface area contributed by atoms with Gasteiger partial charge in [-0.3, -0.25) is 14.4 Å². The molecule has 1 aromatic rings. The third-order valence-electron chi connectivity index (χ3n) is 7.96. The van der Waals surface area contributed by atoms with Gasteiger partial charge in [0.25, 0.3) is 5.91 Å². The molecule has 3 aliphatic carbocycles. The maximum absolute atomic E-state index is 13.6. The minimum Gasteiger partial charge on any atom is -0.511 e. The highest BCUT2D eigenvalue weighted by Gasteiger charge is 2.59. The van der Waals surface area contributed by atoms with Gasteiger partial charge < -0.3 is 36.8 Å². The average Bonchev–Trinajstić information content (AvgIpc) is 2.81. The molecule has 0 radical (unpaired) electrons. The molecule has 1 fully saturated rings. The van der Waals surface area contributed by atoms with E-state index in [-0.39, 0.29) is 29.7 Å². The molecule has 1 aromatic carbocycles. The van der Waals surface area contributed by atoms with Crippen LogP contribution in [-0.4, -0.2) is 62.6 Å². The van der Waals surface area contributed by atoms with Gasteiger partial charge in [-0.05, 0) is 61.9 Å². The minimum atomic E-state index is -2.54. The van der Waals surface area contributed by atoms with Gasteiger partial charge in [-0.2, -0.15) is 0 Å². The zero-order valence-electron chi connectivity index (χ0n) is 19.1. The summed E-state index contributed by atoms with van der Waals surface area (Å²) < 4.78 is 0. The number of piperidine rings is 1. The van der Waals surface area contributed by atoms with Crippen molar-refractivity contribution in [3.63, 3.8) is 0 Å². The number of aromatic hydroxyl groups is 1. The van der Waals surface area contributed by atoms with E-state index in [4.69, 9.17) is 5.73 Å². The molecule has 0 unspecified atom stereocenters. The van der Waals surface area contributed by atoms with Crippen molar-refractivity contribution in [2.24, 2.45) is 17.6 Å². The summed E-state index contributed by atoms with van der Waals surface area (Å²) in [6, 6.07) is 3.56. The molecule has 1 saturated heterocycles. The Morgan fingerprint density at radius 2 is 1.86 bits per heavy atom. The molecule has 10 heteroatoms. The number of nitrogens with two attached hydrogens (primary N) is 1. The van der Waals surface area contributed by atoms with Crippen molar-refractivity contribution < 1.29 is 34.8 Å². The van der Waals surface area contributed by atoms with E-state index in [1.54, 1.807) is 6.07 Å². The number of Topliss-reactive ketones (excluding diaryl/α,β-unsaturated/α-hetero) is 2. The number of phenols is 1. The molecule has 0 saturated carbocycles. The number of hydrogen-bond acceptors (Lipinski definition) is 9. The quantitative estimate of drug-likeness (QED) is 0.298. The first kappa shape index (κ1) is 23.5. The molecule has 1 aliphatic heterocycles. The molecular formula is C25H29N3O7. The number of carbonyl (C=O) groups is 3. The number of fused-ring (bicyclic) bond motifs is 3. The van der Waals surface area contributed by atoms with E-state index in [1.165, 1.54) is 6.07 Å². The van der Waals surface area contributed by atoms with Crippen molar-refractivity contribution >= 4 is 17.5 Å². The standard InChI is InChI=1S/C25H29N3O7/c26-24(34)20-17(30)9-13-7-12-8-15-11(10-28-14-3-5-27-6-4-14)1-2-16(29)19(15)21(31)18(12)22(32)25(13,35)23(20)33/h1-2,12-14,27-30,32,35H,3-10H2,(H2,26,34)/t12-,13+,25+/m1/s1. The van der Waals surface area contributed by atoms with Crippen molar-refractivity contribution in [1.82, 2.24) is 10.6 Å². The zero-order chi connectivity index (χ0) is 25.1. The van der Waals surface area contributed by atoms with E-state index in [1.807, 2.05) is 0 Å². The number of phenolic OH excluding ortho intramolecular Hbond substituents is 1. The van der Waals surface area contributed by atoms with Crippen LogP contribution in [0.1, 0.15) is 47.2 Å². The van der Waals surface area contributed by atoms with Crippen LogP contribution in [0.25, 0.3) is 0 Å². The summed E-state index contributed by atoms with van der Waals surface area (Å²) in [6.45, 7) is 2.37. The Morgan fingerprint density at radius 3 is 2.54 bits per heavy atom. The van der Waals surface area contributed by atoms with Gasteiger partial charge >= 0.3 is 0 Å². The first-order valence-corrected chi connectivity index (χ1v) is 11.9. The fourth-order valence-corrected chi connectivity index (χ4v) is 6.13. The number of aliphatic hydroxyl groups excluding tert-OH is 2. The van der Waals surface area contributed by atoms with Crippen molar-refractivity contribution in [3.8, 4) is 5.75 Å². The van der Waals surface area contributed by atoms with Crippen molar-refractivity contribution in [2.45, 2.75) is 50.3 Å². The van der Waals surface area contributed by atoms with Crippen LogP contribution in [-0.2, 0) is 22.6 Å². The molecule has 0 bridgehead atoms. The molecule has 1 heterocycles. The first-order chi connectivity index (χ1) is 16.6. The van der Waals surface area contributed by atoms with Crippen LogP contribution in [0, 0.1) is 11.8 Å². The third kappa shape index (κ3) is 3.55. The number of allylic oxidation sites excluding steroid dienone is 2. The van der Waals surface area contributed by atoms with Crippen LogP contribution >= 0.6 is 0 Å². The Kier molecular flexibility index (Phi) is 5.70. The normalized spacial score (nSPS) is 29.1. The number of hydrogen-bond donors (Lipinski definition) is 7. The Labute approximate surface area is 201 Å². The summed E-state index contributed by atoms with van der Waals surface area (Å²) in [4.78, 5) is 38.3. The van der Waals surface area contributed by atoms with Gasteiger partial charge in [0.2, 0.25) is 5.78 Å². The highest BCUT2D eigenvalue weighted by Crippen LogP contribution is 2.51. The largest absolute Gasteiger partial charge is 0.511 e. The molecule has 10 nitrogen and oxygen atoms in total. The van der Waals surface area contributed by atoms with Crippen LogP contribution < -0.4 is 16.4 Å². The maximum atomic E-state index is 13.6. The second-order valence-electron chi connectivity index (χ2n) is 9.91. The fraction of sp³-hybridized carbons (Fsp3) is 0.480. The molecule has 186 valence electrons. The van der Waals surface area contributed by atoms with Crippen LogP contribution in [0.4, 0.5) is 0 Å². The molecule has 1 amide bonds. The maximum Gasteiger partial charge on any atom is 0.255 e. The highest BCUT2D eigenvalue weighted by atomic mass is 16.3. The van der Waals surface area contributed by atoms with E-state index in [0.717, 1.165) is 31.5 Å². The van der Waals surface area contributed by atoms with Gasteiger partial charge in [-0.1, -0.05) is 6.07 Å². The van der Waals surface area contributed by atoms with Crippen molar-refractivity contribution in [1.29, 1.82) is 0 Å².